The van der Waals surface area contributed by atoms with E-state index in [9.17, 15) is 64.2 Å². The monoisotopic (exact) mass is 1510 g/mol. The predicted molar refractivity (Wildman–Crippen MR) is 356 cm³/mol. The first-order valence-electron chi connectivity index (χ1n) is 29.2. The molecule has 0 fully saturated rings. The number of urea groups is 1. The molecule has 0 saturated carbocycles. The number of amides is 2. The number of aromatic hydroxyl groups is 1. The Morgan fingerprint density at radius 3 is 2.02 bits per heavy atom. The number of aryl methyl sites for hydroxylation is 3. The molecule has 2 unspecified atom stereocenters. The number of ketones is 2. The number of Topliss-reactive ketones (excluding diaryl/α,β-unsaturated/α-hetero) is 1. The van der Waals surface area contributed by atoms with E-state index < -0.39 is 82.2 Å². The number of nitrogens with zero attached hydrogens (tertiary/aromatic N) is 8. The molecule has 0 spiro atoms. The van der Waals surface area contributed by atoms with E-state index in [0.717, 1.165) is 47.6 Å². The van der Waals surface area contributed by atoms with Gasteiger partial charge in [-0.3, -0.25) is 14.4 Å². The van der Waals surface area contributed by atoms with Gasteiger partial charge in [-0.05, 0) is 111 Å². The zero-order valence-electron chi connectivity index (χ0n) is 54.7. The van der Waals surface area contributed by atoms with Crippen LogP contribution in [0.15, 0.2) is 128 Å². The van der Waals surface area contributed by atoms with Crippen molar-refractivity contribution in [3.8, 4) is 11.9 Å². The summed E-state index contributed by atoms with van der Waals surface area (Å²) >= 11 is 3.76. The average molecular weight is 1510 g/mol. The third-order valence-corrected chi connectivity index (χ3v) is 18.0. The minimum atomic E-state index is -4.76. The van der Waals surface area contributed by atoms with Gasteiger partial charge in [0.25, 0.3) is 0 Å². The number of aliphatic hydroxyl groups excluding tert-OH is 1. The molecule has 2 amide bonds. The van der Waals surface area contributed by atoms with E-state index in [2.05, 4.69) is 59.0 Å². The molecule has 2 atom stereocenters. The summed E-state index contributed by atoms with van der Waals surface area (Å²) in [6, 6.07) is 24.1. The van der Waals surface area contributed by atoms with Crippen molar-refractivity contribution in [1.29, 1.82) is 0 Å². The number of sulfone groups is 1. The third kappa shape index (κ3) is 22.0. The molecule has 8 rings (SSSR count). The van der Waals surface area contributed by atoms with Gasteiger partial charge in [-0.2, -0.15) is 40.0 Å². The molecule has 33 heteroatoms. The fraction of sp³-hybridized carbons (Fsp3) is 0.381. The van der Waals surface area contributed by atoms with Gasteiger partial charge in [0, 0.05) is 51.7 Å². The zero-order valence-corrected chi connectivity index (χ0v) is 61.3. The van der Waals surface area contributed by atoms with Crippen molar-refractivity contribution < 1.29 is 118 Å². The standard InChI is InChI=1S/C18H17NO3.C17H29NO3S.C14H13F3N2O4S.C14H14IN5O6S.Na/c1-2-21-17(20)16-13-18(22-19-16,14-9-5-3-6-10-14)15-11-7-4-8-12-15;1-5-8-14(18-21-6-2)17-15(19)10-13(11-16(17)20)9-12(4)22-7-3;1-7-11(13(21)19(2)18-7)12(20)9-5-4-8(14(15,16)17)6-10(9)24(3,22)23;1-7-16-12(19-14(17-7)26-3)18-13(22)20-27(23,24)10-6-8(15)4-5-9(10)11(21)25-2;/h3-12H,2,13H2,1H3;12-13,19H,5-11H2,1-4H3;4-6,21H,1-3H3;4-6H,1-3H3,(H2,16,17,18,19,20,22);/q;;;;+1/p-1. The van der Waals surface area contributed by atoms with E-state index in [-0.39, 0.29) is 81.6 Å². The number of rotatable bonds is 21. The van der Waals surface area contributed by atoms with Crippen molar-refractivity contribution >= 4 is 101 Å². The number of ether oxygens (including phenoxy) is 3. The van der Waals surface area contributed by atoms with Gasteiger partial charge < -0.3 is 44.1 Å². The van der Waals surface area contributed by atoms with Crippen molar-refractivity contribution in [3.05, 3.63) is 162 Å². The van der Waals surface area contributed by atoms with Crippen LogP contribution in [0.25, 0.3) is 4.72 Å². The van der Waals surface area contributed by atoms with Gasteiger partial charge >= 0.3 is 53.7 Å². The van der Waals surface area contributed by atoms with E-state index in [4.69, 9.17) is 19.1 Å². The maximum absolute atomic E-state index is 12.8. The number of nitrogens with one attached hydrogen (secondary N) is 1. The predicted octanol–water partition coefficient (Wildman–Crippen LogP) is 8.74. The Balaban J connectivity index is 0.000000272. The number of halogens is 4. The largest absolute Gasteiger partial charge is 1.00 e. The van der Waals surface area contributed by atoms with Crippen LogP contribution >= 0.6 is 34.4 Å². The van der Waals surface area contributed by atoms with Gasteiger partial charge in [0.15, 0.2) is 38.9 Å². The molecule has 4 aromatic carbocycles. The first-order valence-corrected chi connectivity index (χ1v) is 34.7. The van der Waals surface area contributed by atoms with Crippen LogP contribution in [-0.2, 0) is 67.4 Å². The van der Waals surface area contributed by atoms with Crippen LogP contribution in [0.1, 0.15) is 128 Å². The minimum absolute atomic E-state index is 0. The molecule has 6 aromatic rings. The van der Waals surface area contributed by atoms with Gasteiger partial charge in [0.05, 0.1) is 65.1 Å². The molecule has 3 heterocycles. The van der Waals surface area contributed by atoms with Crippen LogP contribution in [0.2, 0.25) is 0 Å². The Morgan fingerprint density at radius 1 is 0.875 bits per heavy atom. The summed E-state index contributed by atoms with van der Waals surface area (Å²) in [4.78, 5) is 81.9. The van der Waals surface area contributed by atoms with Gasteiger partial charge in [0.1, 0.15) is 23.8 Å². The number of hydrogen-bond donors (Lipinski definition) is 3. The summed E-state index contributed by atoms with van der Waals surface area (Å²) in [5, 5.41) is 34.7. The van der Waals surface area contributed by atoms with Crippen LogP contribution in [0.4, 0.5) is 23.9 Å². The molecule has 1 aliphatic carbocycles. The van der Waals surface area contributed by atoms with Crippen molar-refractivity contribution in [2.24, 2.45) is 23.3 Å². The van der Waals surface area contributed by atoms with Crippen LogP contribution < -0.4 is 39.6 Å². The number of carbonyl (C=O) groups excluding carboxylic acids is 5. The number of carbonyl (C=O) groups is 5. The second-order valence-electron chi connectivity index (χ2n) is 20.9. The first kappa shape index (κ1) is 80.9. The number of aromatic nitrogens is 5. The van der Waals surface area contributed by atoms with Crippen molar-refractivity contribution in [2.75, 3.05) is 44.8 Å². The molecule has 0 radical (unpaired) electrons. The molecular formula is C63H72F3IN9NaO16S3. The topological polar surface area (TPSA) is 348 Å². The number of hydrogen-bond acceptors (Lipinski definition) is 23. The van der Waals surface area contributed by atoms with Crippen molar-refractivity contribution in [1.82, 2.24) is 24.7 Å². The number of benzene rings is 4. The number of oxime groups is 2. The van der Waals surface area contributed by atoms with E-state index >= 15 is 0 Å². The Labute approximate surface area is 594 Å². The number of esters is 2. The van der Waals surface area contributed by atoms with Crippen molar-refractivity contribution in [2.45, 2.75) is 114 Å². The summed E-state index contributed by atoms with van der Waals surface area (Å²) in [7, 11) is -4.83. The Kier molecular flexibility index (Phi) is 31.0. The molecule has 0 bridgehead atoms. The van der Waals surface area contributed by atoms with Crippen LogP contribution in [0.5, 0.6) is 11.9 Å². The summed E-state index contributed by atoms with van der Waals surface area (Å²) in [6.45, 7) is 13.7. The van der Waals surface area contributed by atoms with Crippen LogP contribution in [0.3, 0.4) is 0 Å². The zero-order chi connectivity index (χ0) is 70.6. The molecule has 0 saturated heterocycles. The SMILES string of the molecule is CCCC(=NOCC)C1=C(O)CC(CC(C)SCC)CC1=O.CCOC(=O)C1=NOC(c2ccccc2)(c2ccccc2)C1.COC(=O)c1ccc(I)cc1S(=O)(=O)[N-]C(=O)Nc1nc(C)nc(OC)n1.Cc1nn(C)c(O)c1C(=O)c1ccc(C(F)(F)F)cc1S(C)(=O)=O.[Na+]. The molecular weight excluding hydrogens is 1440 g/mol. The molecule has 2 aliphatic rings. The number of alkyl halides is 3. The van der Waals surface area contributed by atoms with E-state index in [0.29, 0.717) is 83.1 Å². The van der Waals surface area contributed by atoms with E-state index in [1.54, 1.807) is 6.92 Å². The quantitative estimate of drug-likeness (QED) is 0.0151. The number of allylic oxidation sites excluding steroid dienone is 2. The van der Waals surface area contributed by atoms with E-state index in [1.807, 2.05) is 109 Å². The normalized spacial score (nSPS) is 14.6. The third-order valence-electron chi connectivity index (χ3n) is 13.8. The second-order valence-corrected chi connectivity index (χ2v) is 27.4. The minimum Gasteiger partial charge on any atom is -0.511 e. The summed E-state index contributed by atoms with van der Waals surface area (Å²) in [6.07, 6.45) is -0.134. The average Bonchev–Trinajstić information content (AvgIpc) is 1.50. The smallest absolute Gasteiger partial charge is 0.511 e. The van der Waals surface area contributed by atoms with Gasteiger partial charge in [-0.25, -0.2) is 36.1 Å². The van der Waals surface area contributed by atoms with Gasteiger partial charge in [0.2, 0.25) is 21.7 Å². The second kappa shape index (κ2) is 36.7. The first-order chi connectivity index (χ1) is 44.8. The molecule has 96 heavy (non-hydrogen) atoms. The molecule has 2 aromatic heterocycles. The van der Waals surface area contributed by atoms with Crippen molar-refractivity contribution in [3.63, 3.8) is 0 Å². The fourth-order valence-electron chi connectivity index (χ4n) is 9.64. The van der Waals surface area contributed by atoms with E-state index in [1.165, 1.54) is 46.2 Å². The van der Waals surface area contributed by atoms with Crippen LogP contribution in [-0.4, -0.2) is 137 Å². The Hall–Kier alpha value is -7.50. The number of methoxy groups -OCH3 is 2. The Bertz CT molecular complexity index is 4030. The Morgan fingerprint density at radius 2 is 1.50 bits per heavy atom. The van der Waals surface area contributed by atoms with Gasteiger partial charge in [-0.15, -0.1) is 0 Å². The summed E-state index contributed by atoms with van der Waals surface area (Å²) in [5.41, 5.74) is 0.439. The number of anilines is 1. The summed E-state index contributed by atoms with van der Waals surface area (Å²) in [5.74, 6) is -1.20. The molecule has 1 aliphatic heterocycles. The number of aliphatic hydroxyl groups is 1. The fourth-order valence-corrected chi connectivity index (χ4v) is 13.3. The number of thioether (sulfide) groups is 1. The number of sulfonamides is 1. The van der Waals surface area contributed by atoms with Crippen LogP contribution in [0, 0.1) is 23.3 Å². The molecule has 25 nitrogen and oxygen atoms in total. The molecule has 512 valence electrons. The molecule has 3 N–H and O–H groups in total. The summed E-state index contributed by atoms with van der Waals surface area (Å²) < 4.78 is 106. The maximum Gasteiger partial charge on any atom is 1.00 e. The van der Waals surface area contributed by atoms with Gasteiger partial charge in [-0.1, -0.05) is 98.2 Å². The maximum atomic E-state index is 12.8.